The Balaban J connectivity index is 1.19. The summed E-state index contributed by atoms with van der Waals surface area (Å²) >= 11 is 0. The largest absolute Gasteiger partial charge is 0.494 e. The van der Waals surface area contributed by atoms with Crippen LogP contribution in [0.4, 0.5) is 30.2 Å². The Kier molecular flexibility index (Phi) is 11.3. The number of benzene rings is 3. The predicted molar refractivity (Wildman–Crippen MR) is 141 cm³/mol. The van der Waals surface area contributed by atoms with E-state index in [1.54, 1.807) is 12.1 Å². The molecule has 0 fully saturated rings. The van der Waals surface area contributed by atoms with Crippen molar-refractivity contribution in [3.8, 4) is 11.5 Å². The number of hydrogen-bond donors (Lipinski definition) is 1. The van der Waals surface area contributed by atoms with Crippen molar-refractivity contribution in [3.05, 3.63) is 78.4 Å². The van der Waals surface area contributed by atoms with Crippen molar-refractivity contribution in [2.75, 3.05) is 18.9 Å². The average molecular weight is 514 g/mol. The molecule has 0 bridgehead atoms. The molecule has 0 aliphatic rings. The first kappa shape index (κ1) is 28.0. The highest BCUT2D eigenvalue weighted by atomic mass is 19.4. The minimum Gasteiger partial charge on any atom is -0.494 e. The van der Waals surface area contributed by atoms with E-state index in [9.17, 15) is 13.2 Å². The first-order valence-corrected chi connectivity index (χ1v) is 12.7. The molecule has 0 spiro atoms. The van der Waals surface area contributed by atoms with E-state index in [4.69, 9.17) is 15.2 Å². The highest BCUT2D eigenvalue weighted by molar-refractivity contribution is 5.44. The van der Waals surface area contributed by atoms with Crippen LogP contribution in [0, 0.1) is 0 Å². The van der Waals surface area contributed by atoms with E-state index >= 15 is 0 Å². The quantitative estimate of drug-likeness (QED) is 0.125. The number of anilines is 1. The summed E-state index contributed by atoms with van der Waals surface area (Å²) in [6.07, 6.45) is 4.93. The van der Waals surface area contributed by atoms with Gasteiger partial charge in [0.15, 0.2) is 0 Å². The third-order valence-electron chi connectivity index (χ3n) is 5.77. The number of nitrogens with zero attached hydrogens (tertiary/aromatic N) is 2. The maximum absolute atomic E-state index is 12.6. The van der Waals surface area contributed by atoms with Gasteiger partial charge in [-0.2, -0.15) is 23.4 Å². The van der Waals surface area contributed by atoms with E-state index < -0.39 is 11.7 Å². The number of rotatable bonds is 15. The summed E-state index contributed by atoms with van der Waals surface area (Å²) < 4.78 is 49.3. The monoisotopic (exact) mass is 513 g/mol. The summed E-state index contributed by atoms with van der Waals surface area (Å²) in [6, 6.07) is 19.2. The molecule has 0 radical (unpaired) electrons. The zero-order valence-corrected chi connectivity index (χ0v) is 20.9. The van der Waals surface area contributed by atoms with E-state index in [1.807, 2.05) is 36.4 Å². The molecule has 8 heteroatoms. The third-order valence-corrected chi connectivity index (χ3v) is 5.77. The second-order valence-corrected chi connectivity index (χ2v) is 8.83. The zero-order chi connectivity index (χ0) is 26.3. The van der Waals surface area contributed by atoms with Crippen molar-refractivity contribution >= 4 is 17.1 Å². The number of azo groups is 1. The van der Waals surface area contributed by atoms with Gasteiger partial charge >= 0.3 is 6.18 Å². The Labute approximate surface area is 216 Å². The number of unbranched alkanes of at least 4 members (excludes halogenated alkanes) is 7. The molecule has 5 nitrogen and oxygen atoms in total. The number of nitrogen functional groups attached to an aromatic ring is 1. The normalized spacial score (nSPS) is 11.6. The summed E-state index contributed by atoms with van der Waals surface area (Å²) in [4.78, 5) is 0. The molecule has 0 amide bonds. The van der Waals surface area contributed by atoms with Gasteiger partial charge in [0.05, 0.1) is 30.2 Å². The van der Waals surface area contributed by atoms with Gasteiger partial charge in [-0.25, -0.2) is 0 Å². The number of alkyl halides is 3. The zero-order valence-electron chi connectivity index (χ0n) is 20.9. The lowest BCUT2D eigenvalue weighted by Gasteiger charge is -2.07. The average Bonchev–Trinajstić information content (AvgIpc) is 2.89. The first-order chi connectivity index (χ1) is 17.9. The lowest BCUT2D eigenvalue weighted by atomic mass is 10.1. The van der Waals surface area contributed by atoms with Crippen molar-refractivity contribution in [1.29, 1.82) is 0 Å². The molecular formula is C29H34F3N3O2. The number of halogens is 3. The van der Waals surface area contributed by atoms with Crippen LogP contribution in [0.1, 0.15) is 56.9 Å². The molecule has 0 aromatic heterocycles. The standard InChI is InChI=1S/C29H34F3N3O2/c30-29(31,32)23-9-13-25(14-10-23)34-35-26-15-19-28(20-16-26)37-22-8-6-4-2-1-3-5-7-21-36-27-17-11-24(33)12-18-27/h9-20H,1-8,21-22,33H2. The van der Waals surface area contributed by atoms with E-state index in [-0.39, 0.29) is 0 Å². The number of ether oxygens (including phenoxy) is 2. The van der Waals surface area contributed by atoms with Crippen molar-refractivity contribution in [1.82, 2.24) is 0 Å². The number of hydrogen-bond acceptors (Lipinski definition) is 5. The van der Waals surface area contributed by atoms with Crippen LogP contribution in [0.25, 0.3) is 0 Å². The Morgan fingerprint density at radius 3 is 1.35 bits per heavy atom. The fraction of sp³-hybridized carbons (Fsp3) is 0.379. The van der Waals surface area contributed by atoms with Gasteiger partial charge < -0.3 is 15.2 Å². The fourth-order valence-corrected chi connectivity index (χ4v) is 3.65. The molecule has 2 N–H and O–H groups in total. The molecule has 0 aliphatic carbocycles. The Morgan fingerprint density at radius 2 is 0.919 bits per heavy atom. The van der Waals surface area contributed by atoms with Crippen LogP contribution in [-0.4, -0.2) is 13.2 Å². The van der Waals surface area contributed by atoms with Gasteiger partial charge in [0, 0.05) is 5.69 Å². The van der Waals surface area contributed by atoms with Crippen molar-refractivity contribution in [3.63, 3.8) is 0 Å². The van der Waals surface area contributed by atoms with E-state index in [1.165, 1.54) is 44.2 Å². The molecule has 0 atom stereocenters. The van der Waals surface area contributed by atoms with Gasteiger partial charge in [0.1, 0.15) is 11.5 Å². The summed E-state index contributed by atoms with van der Waals surface area (Å²) in [6.45, 7) is 1.40. The van der Waals surface area contributed by atoms with Crippen LogP contribution in [-0.2, 0) is 6.18 Å². The summed E-state index contributed by atoms with van der Waals surface area (Å²) in [5.74, 6) is 1.63. The van der Waals surface area contributed by atoms with E-state index in [0.29, 0.717) is 18.0 Å². The van der Waals surface area contributed by atoms with E-state index in [0.717, 1.165) is 55.2 Å². The highest BCUT2D eigenvalue weighted by Crippen LogP contribution is 2.30. The van der Waals surface area contributed by atoms with Crippen LogP contribution in [0.5, 0.6) is 11.5 Å². The molecular weight excluding hydrogens is 479 g/mol. The minimum atomic E-state index is -4.36. The fourth-order valence-electron chi connectivity index (χ4n) is 3.65. The van der Waals surface area contributed by atoms with Crippen LogP contribution in [0.15, 0.2) is 83.0 Å². The van der Waals surface area contributed by atoms with E-state index in [2.05, 4.69) is 10.2 Å². The van der Waals surface area contributed by atoms with Crippen LogP contribution in [0.2, 0.25) is 0 Å². The van der Waals surface area contributed by atoms with Crippen LogP contribution >= 0.6 is 0 Å². The molecule has 3 aromatic rings. The van der Waals surface area contributed by atoms with Gasteiger partial charge in [0.2, 0.25) is 0 Å². The van der Waals surface area contributed by atoms with Crippen LogP contribution in [0.3, 0.4) is 0 Å². The lowest BCUT2D eigenvalue weighted by Crippen LogP contribution is -2.03. The molecule has 3 rings (SSSR count). The second-order valence-electron chi connectivity index (χ2n) is 8.83. The molecule has 198 valence electrons. The Bertz CT molecular complexity index is 1070. The minimum absolute atomic E-state index is 0.358. The van der Waals surface area contributed by atoms with Gasteiger partial charge in [-0.05, 0) is 85.6 Å². The van der Waals surface area contributed by atoms with Gasteiger partial charge in [0.25, 0.3) is 0 Å². The molecule has 0 heterocycles. The maximum atomic E-state index is 12.6. The maximum Gasteiger partial charge on any atom is 0.416 e. The SMILES string of the molecule is Nc1ccc(OCCCCCCCCCCOc2ccc(N=Nc3ccc(C(F)(F)F)cc3)cc2)cc1. The molecule has 0 saturated carbocycles. The summed E-state index contributed by atoms with van der Waals surface area (Å²) in [7, 11) is 0. The number of nitrogens with two attached hydrogens (primary N) is 1. The van der Waals surface area contributed by atoms with Crippen molar-refractivity contribution in [2.24, 2.45) is 10.2 Å². The summed E-state index contributed by atoms with van der Waals surface area (Å²) in [5.41, 5.74) is 6.66. The van der Waals surface area contributed by atoms with Crippen molar-refractivity contribution < 1.29 is 22.6 Å². The van der Waals surface area contributed by atoms with Crippen LogP contribution < -0.4 is 15.2 Å². The topological polar surface area (TPSA) is 69.2 Å². The molecule has 37 heavy (non-hydrogen) atoms. The lowest BCUT2D eigenvalue weighted by molar-refractivity contribution is -0.137. The first-order valence-electron chi connectivity index (χ1n) is 12.7. The van der Waals surface area contributed by atoms with Gasteiger partial charge in [-0.15, -0.1) is 0 Å². The van der Waals surface area contributed by atoms with Crippen molar-refractivity contribution in [2.45, 2.75) is 57.5 Å². The molecule has 0 unspecified atom stereocenters. The predicted octanol–water partition coefficient (Wildman–Crippen LogP) is 9.28. The summed E-state index contributed by atoms with van der Waals surface area (Å²) in [5, 5.41) is 8.05. The molecule has 3 aromatic carbocycles. The van der Waals surface area contributed by atoms with Gasteiger partial charge in [-0.3, -0.25) is 0 Å². The molecule has 0 saturated heterocycles. The molecule has 0 aliphatic heterocycles. The smallest absolute Gasteiger partial charge is 0.416 e. The van der Waals surface area contributed by atoms with Gasteiger partial charge in [-0.1, -0.05) is 38.5 Å². The third kappa shape index (κ3) is 10.9. The Hall–Kier alpha value is -3.55. The highest BCUT2D eigenvalue weighted by Gasteiger charge is 2.29. The Morgan fingerprint density at radius 1 is 0.541 bits per heavy atom. The second kappa shape index (κ2) is 14.9.